The summed E-state index contributed by atoms with van der Waals surface area (Å²) in [6.07, 6.45) is 2.03. The van der Waals surface area contributed by atoms with Crippen molar-refractivity contribution in [1.29, 1.82) is 0 Å². The number of carbonyl (C=O) groups is 1. The highest BCUT2D eigenvalue weighted by molar-refractivity contribution is 9.10. The lowest BCUT2D eigenvalue weighted by Gasteiger charge is -2.38. The van der Waals surface area contributed by atoms with Gasteiger partial charge in [0.05, 0.1) is 18.8 Å². The fourth-order valence-corrected chi connectivity index (χ4v) is 4.73. The van der Waals surface area contributed by atoms with Crippen LogP contribution in [0, 0.1) is 0 Å². The third-order valence-corrected chi connectivity index (χ3v) is 6.98. The van der Waals surface area contributed by atoms with E-state index >= 15 is 0 Å². The van der Waals surface area contributed by atoms with Crippen LogP contribution in [0.5, 0.6) is 0 Å². The molecule has 2 unspecified atom stereocenters. The molecule has 2 saturated heterocycles. The topological polar surface area (TPSA) is 44.8 Å². The molecule has 2 aliphatic heterocycles. The van der Waals surface area contributed by atoms with E-state index < -0.39 is 0 Å². The second-order valence-electron chi connectivity index (χ2n) is 8.63. The number of amides is 1. The number of nitrogens with zero attached hydrogens (tertiary/aromatic N) is 2. The number of morpholine rings is 1. The van der Waals surface area contributed by atoms with Crippen LogP contribution >= 0.6 is 15.9 Å². The number of piperidine rings is 1. The van der Waals surface area contributed by atoms with Gasteiger partial charge in [-0.05, 0) is 43.0 Å². The first-order valence-electron chi connectivity index (χ1n) is 11.3. The minimum atomic E-state index is -0.149. The average Bonchev–Trinajstić information content (AvgIpc) is 2.81. The molecular formula is C25H32BrN3O2. The lowest BCUT2D eigenvalue weighted by Crippen LogP contribution is -2.53. The number of ether oxygens (including phenoxy) is 1. The van der Waals surface area contributed by atoms with E-state index in [2.05, 4.69) is 73.5 Å². The first-order chi connectivity index (χ1) is 15.1. The molecule has 0 aromatic heterocycles. The number of likely N-dealkylation sites (tertiary alicyclic amines) is 1. The van der Waals surface area contributed by atoms with Crippen LogP contribution in [0.15, 0.2) is 59.1 Å². The molecule has 1 amide bonds. The summed E-state index contributed by atoms with van der Waals surface area (Å²) in [7, 11) is 0. The Morgan fingerprint density at radius 2 is 1.81 bits per heavy atom. The van der Waals surface area contributed by atoms with Gasteiger partial charge in [0.25, 0.3) is 0 Å². The molecule has 2 aromatic rings. The maximum absolute atomic E-state index is 13.0. The summed E-state index contributed by atoms with van der Waals surface area (Å²) in [6.45, 7) is 7.24. The maximum atomic E-state index is 13.0. The molecule has 2 atom stereocenters. The molecule has 5 nitrogen and oxygen atoms in total. The standard InChI is InChI=1S/C25H32BrN3O2/c1-19(29-15-16-31-24(18-29)21-7-9-22(26)10-8-21)25(30)27-23-11-13-28(14-12-23)17-20-5-3-2-4-6-20/h2-10,19,23-24H,11-18H2,1H3,(H,27,30). The number of benzene rings is 2. The second kappa shape index (κ2) is 10.7. The first-order valence-corrected chi connectivity index (χ1v) is 12.1. The number of rotatable bonds is 6. The zero-order chi connectivity index (χ0) is 21.6. The van der Waals surface area contributed by atoms with Crippen molar-refractivity contribution in [3.05, 3.63) is 70.2 Å². The van der Waals surface area contributed by atoms with Gasteiger partial charge in [0.1, 0.15) is 0 Å². The summed E-state index contributed by atoms with van der Waals surface area (Å²) in [6, 6.07) is 19.0. The first kappa shape index (κ1) is 22.5. The fraction of sp³-hybridized carbons (Fsp3) is 0.480. The van der Waals surface area contributed by atoms with E-state index in [9.17, 15) is 4.79 Å². The predicted octanol–water partition coefficient (Wildman–Crippen LogP) is 3.99. The monoisotopic (exact) mass is 485 g/mol. The van der Waals surface area contributed by atoms with Crippen molar-refractivity contribution in [2.75, 3.05) is 32.8 Å². The molecule has 31 heavy (non-hydrogen) atoms. The van der Waals surface area contributed by atoms with E-state index in [1.807, 2.05) is 19.1 Å². The number of hydrogen-bond donors (Lipinski definition) is 1. The molecule has 2 heterocycles. The molecule has 0 radical (unpaired) electrons. The van der Waals surface area contributed by atoms with Gasteiger partial charge < -0.3 is 10.1 Å². The summed E-state index contributed by atoms with van der Waals surface area (Å²) in [5.41, 5.74) is 2.51. The smallest absolute Gasteiger partial charge is 0.237 e. The molecular weight excluding hydrogens is 454 g/mol. The Morgan fingerprint density at radius 3 is 2.52 bits per heavy atom. The van der Waals surface area contributed by atoms with Crippen molar-refractivity contribution in [2.45, 2.75) is 44.5 Å². The summed E-state index contributed by atoms with van der Waals surface area (Å²) >= 11 is 3.48. The highest BCUT2D eigenvalue weighted by atomic mass is 79.9. The van der Waals surface area contributed by atoms with Crippen molar-refractivity contribution in [2.24, 2.45) is 0 Å². The lowest BCUT2D eigenvalue weighted by atomic mass is 10.0. The van der Waals surface area contributed by atoms with E-state index in [1.165, 1.54) is 5.56 Å². The maximum Gasteiger partial charge on any atom is 0.237 e. The van der Waals surface area contributed by atoms with Crippen molar-refractivity contribution in [1.82, 2.24) is 15.1 Å². The van der Waals surface area contributed by atoms with Gasteiger partial charge in [0.15, 0.2) is 0 Å². The van der Waals surface area contributed by atoms with Gasteiger partial charge >= 0.3 is 0 Å². The number of hydrogen-bond acceptors (Lipinski definition) is 4. The molecule has 0 saturated carbocycles. The molecule has 0 spiro atoms. The SMILES string of the molecule is CC(C(=O)NC1CCN(Cc2ccccc2)CC1)N1CCOC(c2ccc(Br)cc2)C1. The van der Waals surface area contributed by atoms with Gasteiger partial charge in [-0.2, -0.15) is 0 Å². The molecule has 1 N–H and O–H groups in total. The Morgan fingerprint density at radius 1 is 1.10 bits per heavy atom. The van der Waals surface area contributed by atoms with E-state index in [0.29, 0.717) is 6.61 Å². The van der Waals surface area contributed by atoms with Crippen molar-refractivity contribution in [3.8, 4) is 0 Å². The summed E-state index contributed by atoms with van der Waals surface area (Å²) < 4.78 is 7.04. The molecule has 6 heteroatoms. The summed E-state index contributed by atoms with van der Waals surface area (Å²) in [5, 5.41) is 3.31. The van der Waals surface area contributed by atoms with Crippen LogP contribution in [-0.2, 0) is 16.1 Å². The molecule has 2 fully saturated rings. The van der Waals surface area contributed by atoms with E-state index in [1.54, 1.807) is 0 Å². The van der Waals surface area contributed by atoms with E-state index in [-0.39, 0.29) is 24.1 Å². The normalized spacial score (nSPS) is 22.2. The number of nitrogens with one attached hydrogen (secondary N) is 1. The van der Waals surface area contributed by atoms with Crippen LogP contribution in [0.3, 0.4) is 0 Å². The Hall–Kier alpha value is -1.73. The molecule has 2 aliphatic rings. The fourth-order valence-electron chi connectivity index (χ4n) is 4.46. The second-order valence-corrected chi connectivity index (χ2v) is 9.54. The van der Waals surface area contributed by atoms with Crippen molar-refractivity contribution < 1.29 is 9.53 Å². The van der Waals surface area contributed by atoms with Gasteiger partial charge in [-0.1, -0.05) is 58.4 Å². The molecule has 2 aromatic carbocycles. The van der Waals surface area contributed by atoms with Crippen LogP contribution in [0.25, 0.3) is 0 Å². The Balaban J connectivity index is 1.24. The Kier molecular flexibility index (Phi) is 7.77. The zero-order valence-electron chi connectivity index (χ0n) is 18.2. The minimum Gasteiger partial charge on any atom is -0.371 e. The van der Waals surface area contributed by atoms with Crippen LogP contribution in [0.2, 0.25) is 0 Å². The number of halogens is 1. The van der Waals surface area contributed by atoms with Crippen molar-refractivity contribution in [3.63, 3.8) is 0 Å². The Bertz CT molecular complexity index is 838. The highest BCUT2D eigenvalue weighted by Gasteiger charge is 2.30. The number of carbonyl (C=O) groups excluding carboxylic acids is 1. The van der Waals surface area contributed by atoms with Crippen molar-refractivity contribution >= 4 is 21.8 Å². The van der Waals surface area contributed by atoms with Crippen LogP contribution in [0.4, 0.5) is 0 Å². The minimum absolute atomic E-state index is 0.0123. The van der Waals surface area contributed by atoms with Gasteiger partial charge in [-0.3, -0.25) is 14.6 Å². The van der Waals surface area contributed by atoms with Crippen LogP contribution in [-0.4, -0.2) is 60.6 Å². The van der Waals surface area contributed by atoms with Gasteiger partial charge in [0.2, 0.25) is 5.91 Å². The quantitative estimate of drug-likeness (QED) is 0.671. The van der Waals surface area contributed by atoms with Crippen LogP contribution < -0.4 is 5.32 Å². The summed E-state index contributed by atoms with van der Waals surface area (Å²) in [4.78, 5) is 17.7. The van der Waals surface area contributed by atoms with Gasteiger partial charge in [0, 0.05) is 43.2 Å². The largest absolute Gasteiger partial charge is 0.371 e. The molecule has 0 aliphatic carbocycles. The third-order valence-electron chi connectivity index (χ3n) is 6.45. The molecule has 0 bridgehead atoms. The molecule has 4 rings (SSSR count). The van der Waals surface area contributed by atoms with Gasteiger partial charge in [-0.15, -0.1) is 0 Å². The zero-order valence-corrected chi connectivity index (χ0v) is 19.8. The van der Waals surface area contributed by atoms with Gasteiger partial charge in [-0.25, -0.2) is 0 Å². The van der Waals surface area contributed by atoms with Crippen LogP contribution in [0.1, 0.15) is 37.0 Å². The Labute approximate surface area is 193 Å². The average molecular weight is 486 g/mol. The lowest BCUT2D eigenvalue weighted by molar-refractivity contribution is -0.130. The van der Waals surface area contributed by atoms with E-state index in [0.717, 1.165) is 55.6 Å². The third kappa shape index (κ3) is 6.16. The van der Waals surface area contributed by atoms with E-state index in [4.69, 9.17) is 4.74 Å². The molecule has 166 valence electrons. The predicted molar refractivity (Wildman–Crippen MR) is 127 cm³/mol. The highest BCUT2D eigenvalue weighted by Crippen LogP contribution is 2.25. The summed E-state index contributed by atoms with van der Waals surface area (Å²) in [5.74, 6) is 0.137.